The van der Waals surface area contributed by atoms with E-state index in [9.17, 15) is 9.59 Å². The summed E-state index contributed by atoms with van der Waals surface area (Å²) >= 11 is 7.46. The van der Waals surface area contributed by atoms with E-state index in [1.54, 1.807) is 0 Å². The number of hydrogen-bond acceptors (Lipinski definition) is 4. The van der Waals surface area contributed by atoms with Crippen molar-refractivity contribution in [3.63, 3.8) is 0 Å². The van der Waals surface area contributed by atoms with Gasteiger partial charge in [0.25, 0.3) is 5.91 Å². The lowest BCUT2D eigenvalue weighted by Crippen LogP contribution is -2.50. The molecule has 2 heterocycles. The summed E-state index contributed by atoms with van der Waals surface area (Å²) in [5, 5.41) is 3.74. The van der Waals surface area contributed by atoms with E-state index in [4.69, 9.17) is 11.6 Å². The topological polar surface area (TPSA) is 52.7 Å². The van der Waals surface area contributed by atoms with Crippen LogP contribution in [-0.2, 0) is 4.79 Å². The number of benzene rings is 2. The van der Waals surface area contributed by atoms with Gasteiger partial charge in [-0.15, -0.1) is 11.3 Å². The second kappa shape index (κ2) is 9.86. The molecule has 0 atom stereocenters. The number of hydrogen-bond donors (Lipinski definition) is 1. The molecule has 1 fully saturated rings. The molecule has 0 bridgehead atoms. The number of nitrogens with zero attached hydrogens (tertiary/aromatic N) is 2. The number of halogens is 1. The Morgan fingerprint density at radius 3 is 2.25 bits per heavy atom. The van der Waals surface area contributed by atoms with Crippen LogP contribution in [0.5, 0.6) is 0 Å². The molecule has 0 aliphatic carbocycles. The van der Waals surface area contributed by atoms with Crippen LogP contribution in [0, 0.1) is 13.8 Å². The van der Waals surface area contributed by atoms with Crippen molar-refractivity contribution in [3.8, 4) is 10.4 Å². The molecule has 0 radical (unpaired) electrons. The zero-order valence-electron chi connectivity index (χ0n) is 18.2. The smallest absolute Gasteiger partial charge is 0.264 e. The Morgan fingerprint density at radius 2 is 1.59 bits per heavy atom. The zero-order valence-corrected chi connectivity index (χ0v) is 19.8. The summed E-state index contributed by atoms with van der Waals surface area (Å²) in [6.07, 6.45) is 0. The van der Waals surface area contributed by atoms with Gasteiger partial charge in [0.2, 0.25) is 5.91 Å². The van der Waals surface area contributed by atoms with Crippen molar-refractivity contribution in [1.82, 2.24) is 9.80 Å². The Morgan fingerprint density at radius 1 is 0.938 bits per heavy atom. The number of piperazine rings is 1. The summed E-state index contributed by atoms with van der Waals surface area (Å²) in [6.45, 7) is 6.91. The van der Waals surface area contributed by atoms with E-state index in [-0.39, 0.29) is 11.8 Å². The predicted molar refractivity (Wildman–Crippen MR) is 132 cm³/mol. The quantitative estimate of drug-likeness (QED) is 0.569. The fraction of sp³-hybridized carbons (Fsp3) is 0.280. The number of rotatable bonds is 5. The molecular weight excluding hydrogens is 442 g/mol. The van der Waals surface area contributed by atoms with Crippen LogP contribution in [0.4, 0.5) is 5.69 Å². The Labute approximate surface area is 197 Å². The van der Waals surface area contributed by atoms with Gasteiger partial charge >= 0.3 is 0 Å². The molecule has 1 aliphatic rings. The number of amides is 2. The van der Waals surface area contributed by atoms with Gasteiger partial charge in [-0.3, -0.25) is 14.5 Å². The van der Waals surface area contributed by atoms with Crippen molar-refractivity contribution >= 4 is 40.4 Å². The zero-order chi connectivity index (χ0) is 22.7. The van der Waals surface area contributed by atoms with E-state index in [1.807, 2.05) is 73.3 Å². The predicted octanol–water partition coefficient (Wildman–Crippen LogP) is 5.08. The number of para-hydroxylation sites is 1. The lowest BCUT2D eigenvalue weighted by molar-refractivity contribution is -0.117. The minimum Gasteiger partial charge on any atom is -0.335 e. The number of nitrogens with one attached hydrogen (secondary N) is 1. The highest BCUT2D eigenvalue weighted by molar-refractivity contribution is 7.17. The van der Waals surface area contributed by atoms with Crippen LogP contribution >= 0.6 is 22.9 Å². The van der Waals surface area contributed by atoms with Gasteiger partial charge in [0.15, 0.2) is 0 Å². The van der Waals surface area contributed by atoms with Crippen LogP contribution < -0.4 is 5.32 Å². The molecule has 5 nitrogen and oxygen atoms in total. The molecule has 1 N–H and O–H groups in total. The molecule has 7 heteroatoms. The number of aryl methyl sites for hydroxylation is 2. The molecule has 0 unspecified atom stereocenters. The van der Waals surface area contributed by atoms with Crippen molar-refractivity contribution in [2.24, 2.45) is 0 Å². The summed E-state index contributed by atoms with van der Waals surface area (Å²) in [4.78, 5) is 31.3. The Kier molecular flexibility index (Phi) is 6.94. The molecule has 3 aromatic rings. The number of anilines is 1. The molecule has 4 rings (SSSR count). The maximum absolute atomic E-state index is 13.0. The molecule has 1 aromatic heterocycles. The van der Waals surface area contributed by atoms with Crippen molar-refractivity contribution in [1.29, 1.82) is 0 Å². The molecule has 1 saturated heterocycles. The van der Waals surface area contributed by atoms with E-state index in [1.165, 1.54) is 11.3 Å². The van der Waals surface area contributed by atoms with E-state index in [0.717, 1.165) is 32.1 Å². The SMILES string of the molecule is Cc1cccc(C)c1NC(=O)CN1CCN(C(=O)c2ccc(-c3ccc(Cl)cc3)s2)CC1. The Balaban J connectivity index is 1.30. The van der Waals surface area contributed by atoms with Gasteiger partial charge in [0.05, 0.1) is 11.4 Å². The standard InChI is InChI=1S/C25H26ClN3O2S/c1-17-4-3-5-18(2)24(17)27-23(30)16-28-12-14-29(15-13-28)25(31)22-11-10-21(32-22)19-6-8-20(26)9-7-19/h3-11H,12-16H2,1-2H3,(H,27,30). The summed E-state index contributed by atoms with van der Waals surface area (Å²) in [7, 11) is 0. The molecule has 166 valence electrons. The van der Waals surface area contributed by atoms with Crippen molar-refractivity contribution in [2.75, 3.05) is 38.0 Å². The van der Waals surface area contributed by atoms with E-state index < -0.39 is 0 Å². The van der Waals surface area contributed by atoms with Crippen LogP contribution in [0.2, 0.25) is 5.02 Å². The first-order chi connectivity index (χ1) is 15.4. The summed E-state index contributed by atoms with van der Waals surface area (Å²) < 4.78 is 0. The van der Waals surface area contributed by atoms with Crippen LogP contribution in [0.3, 0.4) is 0 Å². The average Bonchev–Trinajstić information content (AvgIpc) is 3.27. The molecule has 0 spiro atoms. The van der Waals surface area contributed by atoms with Crippen LogP contribution in [-0.4, -0.2) is 54.3 Å². The van der Waals surface area contributed by atoms with Gasteiger partial charge in [0, 0.05) is 41.8 Å². The minimum absolute atomic E-state index is 0.0203. The summed E-state index contributed by atoms with van der Waals surface area (Å²) in [6, 6.07) is 17.5. The molecule has 2 amide bonds. The van der Waals surface area contributed by atoms with Gasteiger partial charge in [-0.1, -0.05) is 41.9 Å². The highest BCUT2D eigenvalue weighted by Crippen LogP contribution is 2.30. The van der Waals surface area contributed by atoms with Gasteiger partial charge in [-0.05, 0) is 54.8 Å². The first-order valence-electron chi connectivity index (χ1n) is 10.6. The second-order valence-electron chi connectivity index (χ2n) is 8.05. The van der Waals surface area contributed by atoms with Crippen molar-refractivity contribution < 1.29 is 9.59 Å². The van der Waals surface area contributed by atoms with Gasteiger partial charge in [-0.2, -0.15) is 0 Å². The van der Waals surface area contributed by atoms with Crippen LogP contribution in [0.25, 0.3) is 10.4 Å². The maximum atomic E-state index is 13.0. The molecule has 1 aliphatic heterocycles. The largest absolute Gasteiger partial charge is 0.335 e. The Hall–Kier alpha value is -2.67. The van der Waals surface area contributed by atoms with Gasteiger partial charge < -0.3 is 10.2 Å². The van der Waals surface area contributed by atoms with E-state index in [0.29, 0.717) is 37.7 Å². The third kappa shape index (κ3) is 5.21. The first kappa shape index (κ1) is 22.5. The minimum atomic E-state index is -0.0203. The molecular formula is C25H26ClN3O2S. The lowest BCUT2D eigenvalue weighted by Gasteiger charge is -2.34. The number of carbonyl (C=O) groups is 2. The van der Waals surface area contributed by atoms with Gasteiger partial charge in [-0.25, -0.2) is 0 Å². The third-order valence-corrected chi connectivity index (χ3v) is 7.09. The average molecular weight is 468 g/mol. The molecule has 0 saturated carbocycles. The molecule has 32 heavy (non-hydrogen) atoms. The number of carbonyl (C=O) groups excluding carboxylic acids is 2. The van der Waals surface area contributed by atoms with Crippen LogP contribution in [0.1, 0.15) is 20.8 Å². The number of thiophene rings is 1. The Bertz CT molecular complexity index is 1100. The second-order valence-corrected chi connectivity index (χ2v) is 9.57. The summed E-state index contributed by atoms with van der Waals surface area (Å²) in [5.41, 5.74) is 4.06. The molecule has 2 aromatic carbocycles. The van der Waals surface area contributed by atoms with Crippen LogP contribution in [0.15, 0.2) is 54.6 Å². The van der Waals surface area contributed by atoms with E-state index >= 15 is 0 Å². The monoisotopic (exact) mass is 467 g/mol. The summed E-state index contributed by atoms with van der Waals surface area (Å²) in [5.74, 6) is 0.0305. The first-order valence-corrected chi connectivity index (χ1v) is 11.8. The van der Waals surface area contributed by atoms with Crippen molar-refractivity contribution in [2.45, 2.75) is 13.8 Å². The lowest BCUT2D eigenvalue weighted by atomic mass is 10.1. The highest BCUT2D eigenvalue weighted by Gasteiger charge is 2.24. The highest BCUT2D eigenvalue weighted by atomic mass is 35.5. The fourth-order valence-electron chi connectivity index (χ4n) is 3.88. The van der Waals surface area contributed by atoms with Crippen molar-refractivity contribution in [3.05, 3.63) is 75.6 Å². The van der Waals surface area contributed by atoms with E-state index in [2.05, 4.69) is 10.2 Å². The van der Waals surface area contributed by atoms with Gasteiger partial charge in [0.1, 0.15) is 0 Å². The normalized spacial score (nSPS) is 14.4. The maximum Gasteiger partial charge on any atom is 0.264 e. The third-order valence-electron chi connectivity index (χ3n) is 5.72. The fourth-order valence-corrected chi connectivity index (χ4v) is 4.99.